The number of nitrogens with one attached hydrogen (secondary N) is 1. The minimum Gasteiger partial charge on any atom is -0.466 e. The van der Waals surface area contributed by atoms with E-state index in [1.807, 2.05) is 45.9 Å². The fourth-order valence-electron chi connectivity index (χ4n) is 6.47. The third-order valence-electron chi connectivity index (χ3n) is 8.14. The van der Waals surface area contributed by atoms with E-state index in [2.05, 4.69) is 5.32 Å². The third kappa shape index (κ3) is 3.53. The number of carbonyl (C=O) groups excluding carboxylic acids is 3. The number of carbonyl (C=O) groups is 3. The van der Waals surface area contributed by atoms with Crippen molar-refractivity contribution in [2.75, 3.05) is 25.1 Å². The molecule has 0 saturated carbocycles. The molecule has 186 valence electrons. The van der Waals surface area contributed by atoms with Crippen molar-refractivity contribution in [2.24, 2.45) is 17.8 Å². The van der Waals surface area contributed by atoms with Gasteiger partial charge in [-0.05, 0) is 64.0 Å². The number of aliphatic hydroxyl groups is 1. The lowest BCUT2D eigenvalue weighted by atomic mass is 9.62. The van der Waals surface area contributed by atoms with Gasteiger partial charge in [-0.15, -0.1) is 0 Å². The molecule has 3 aliphatic rings. The summed E-state index contributed by atoms with van der Waals surface area (Å²) in [5.41, 5.74) is 0.618. The lowest BCUT2D eigenvalue weighted by molar-refractivity contribution is -0.160. The Morgan fingerprint density at radius 2 is 1.94 bits per heavy atom. The molecule has 0 aromatic heterocycles. The average Bonchev–Trinajstić information content (AvgIpc) is 3.28. The summed E-state index contributed by atoms with van der Waals surface area (Å²) in [6.45, 7) is 10.0. The van der Waals surface area contributed by atoms with E-state index in [1.54, 1.807) is 11.8 Å². The zero-order chi connectivity index (χ0) is 24.8. The van der Waals surface area contributed by atoms with E-state index < -0.39 is 35.0 Å². The van der Waals surface area contributed by atoms with E-state index in [1.165, 1.54) is 0 Å². The molecule has 3 aliphatic heterocycles. The molecule has 3 saturated heterocycles. The van der Waals surface area contributed by atoms with Crippen molar-refractivity contribution < 1.29 is 29.0 Å². The minimum absolute atomic E-state index is 0.00687. The van der Waals surface area contributed by atoms with Crippen LogP contribution in [-0.2, 0) is 23.9 Å². The van der Waals surface area contributed by atoms with E-state index in [0.717, 1.165) is 16.8 Å². The maximum atomic E-state index is 13.9. The average molecular weight is 473 g/mol. The second-order valence-electron chi connectivity index (χ2n) is 10.2. The van der Waals surface area contributed by atoms with Crippen LogP contribution in [0, 0.1) is 31.6 Å². The van der Waals surface area contributed by atoms with Crippen LogP contribution in [0.3, 0.4) is 0 Å². The largest absolute Gasteiger partial charge is 0.466 e. The number of rotatable bonds is 8. The van der Waals surface area contributed by atoms with Crippen LogP contribution in [0.1, 0.15) is 51.2 Å². The summed E-state index contributed by atoms with van der Waals surface area (Å²) in [4.78, 5) is 42.4. The number of aliphatic hydroxyl groups excluding tert-OH is 1. The molecule has 6 atom stereocenters. The monoisotopic (exact) mass is 472 g/mol. The summed E-state index contributed by atoms with van der Waals surface area (Å²) in [7, 11) is 0. The number of likely N-dealkylation sites (tertiary alicyclic amines) is 1. The molecule has 3 unspecified atom stereocenters. The van der Waals surface area contributed by atoms with Gasteiger partial charge in [-0.1, -0.05) is 25.1 Å². The number of nitrogens with zero attached hydrogens (tertiary/aromatic N) is 1. The molecule has 0 aliphatic carbocycles. The van der Waals surface area contributed by atoms with Gasteiger partial charge in [-0.3, -0.25) is 14.4 Å². The molecule has 3 fully saturated rings. The number of benzene rings is 1. The summed E-state index contributed by atoms with van der Waals surface area (Å²) < 4.78 is 12.0. The second-order valence-corrected chi connectivity index (χ2v) is 10.2. The number of para-hydroxylation sites is 1. The molecule has 2 N–H and O–H groups in total. The summed E-state index contributed by atoms with van der Waals surface area (Å²) in [5.74, 6) is -2.55. The molecule has 1 aromatic carbocycles. The van der Waals surface area contributed by atoms with Gasteiger partial charge in [-0.2, -0.15) is 0 Å². The van der Waals surface area contributed by atoms with Gasteiger partial charge in [0, 0.05) is 18.8 Å². The number of hydrogen-bond acceptors (Lipinski definition) is 6. The van der Waals surface area contributed by atoms with Crippen molar-refractivity contribution in [3.8, 4) is 0 Å². The van der Waals surface area contributed by atoms with Gasteiger partial charge < -0.3 is 24.8 Å². The highest BCUT2D eigenvalue weighted by atomic mass is 16.6. The zero-order valence-electron chi connectivity index (χ0n) is 20.7. The Bertz CT molecular complexity index is 975. The summed E-state index contributed by atoms with van der Waals surface area (Å²) in [6.07, 6.45) is 1.58. The molecular formula is C26H36N2O6. The summed E-state index contributed by atoms with van der Waals surface area (Å²) in [6, 6.07) is 4.93. The minimum atomic E-state index is -1.09. The highest BCUT2D eigenvalue weighted by molar-refractivity contribution is 6.04. The topological polar surface area (TPSA) is 105 Å². The Hall–Kier alpha value is -2.45. The Labute approximate surface area is 201 Å². The Morgan fingerprint density at radius 3 is 2.56 bits per heavy atom. The lowest BCUT2D eigenvalue weighted by Crippen LogP contribution is -2.54. The third-order valence-corrected chi connectivity index (χ3v) is 8.14. The molecule has 0 radical (unpaired) electrons. The second kappa shape index (κ2) is 8.96. The van der Waals surface area contributed by atoms with Crippen molar-refractivity contribution in [2.45, 2.75) is 71.1 Å². The van der Waals surface area contributed by atoms with Gasteiger partial charge in [-0.25, -0.2) is 0 Å². The van der Waals surface area contributed by atoms with Crippen molar-refractivity contribution in [1.82, 2.24) is 4.90 Å². The van der Waals surface area contributed by atoms with Crippen molar-refractivity contribution in [3.63, 3.8) is 0 Å². The molecule has 3 heterocycles. The molecule has 4 rings (SSSR count). The van der Waals surface area contributed by atoms with Crippen LogP contribution in [0.4, 0.5) is 5.69 Å². The van der Waals surface area contributed by atoms with E-state index in [9.17, 15) is 19.5 Å². The number of anilines is 1. The van der Waals surface area contributed by atoms with E-state index in [0.29, 0.717) is 25.8 Å². The van der Waals surface area contributed by atoms with Crippen LogP contribution in [0.25, 0.3) is 0 Å². The lowest BCUT2D eigenvalue weighted by Gasteiger charge is -2.35. The van der Waals surface area contributed by atoms with Crippen LogP contribution in [0.2, 0.25) is 0 Å². The first kappa shape index (κ1) is 24.7. The molecule has 2 amide bonds. The Kier molecular flexibility index (Phi) is 6.50. The van der Waals surface area contributed by atoms with Gasteiger partial charge in [0.25, 0.3) is 0 Å². The smallest absolute Gasteiger partial charge is 0.312 e. The SMILES string of the molecule is CCOC(=O)[C@@H]1[C@H]2C(=O)N(CCCCO)C(C(=O)Nc3c(C)cccc3C)C23CC(C)[C@@]1(C)O3. The number of unbranched alkanes of at least 4 members (excludes halogenated alkanes) is 1. The van der Waals surface area contributed by atoms with Gasteiger partial charge in [0.05, 0.1) is 18.1 Å². The van der Waals surface area contributed by atoms with E-state index >= 15 is 0 Å². The molecular weight excluding hydrogens is 436 g/mol. The highest BCUT2D eigenvalue weighted by Crippen LogP contribution is 2.65. The number of esters is 1. The van der Waals surface area contributed by atoms with Crippen LogP contribution in [0.5, 0.6) is 0 Å². The number of amides is 2. The van der Waals surface area contributed by atoms with Gasteiger partial charge in [0.2, 0.25) is 11.8 Å². The van der Waals surface area contributed by atoms with Crippen molar-refractivity contribution >= 4 is 23.5 Å². The molecule has 2 bridgehead atoms. The van der Waals surface area contributed by atoms with Crippen LogP contribution in [0.15, 0.2) is 18.2 Å². The van der Waals surface area contributed by atoms with Crippen LogP contribution < -0.4 is 5.32 Å². The van der Waals surface area contributed by atoms with Crippen LogP contribution >= 0.6 is 0 Å². The molecule has 34 heavy (non-hydrogen) atoms. The number of aryl methyl sites for hydroxylation is 2. The number of ether oxygens (including phenoxy) is 2. The standard InChI is InChI=1S/C26H36N2O6/c1-6-33-24(32)19-18-23(31)28(12-7-8-13-29)21(26(18)14-17(4)25(19,5)34-26)22(30)27-20-15(2)10-9-11-16(20)3/h9-11,17-19,21,29H,6-8,12-14H2,1-5H3,(H,27,30)/t17?,18-,19-,21?,25+,26?/m0/s1. The Morgan fingerprint density at radius 1 is 1.26 bits per heavy atom. The normalized spacial score (nSPS) is 33.8. The quantitative estimate of drug-likeness (QED) is 0.445. The first-order valence-electron chi connectivity index (χ1n) is 12.3. The highest BCUT2D eigenvalue weighted by Gasteiger charge is 2.80. The molecule has 8 heteroatoms. The van der Waals surface area contributed by atoms with Crippen molar-refractivity contribution in [1.29, 1.82) is 0 Å². The van der Waals surface area contributed by atoms with Crippen LogP contribution in [-0.4, -0.2) is 64.8 Å². The van der Waals surface area contributed by atoms with Gasteiger partial charge in [0.15, 0.2) is 0 Å². The fraction of sp³-hybridized carbons (Fsp3) is 0.654. The zero-order valence-corrected chi connectivity index (χ0v) is 20.7. The summed E-state index contributed by atoms with van der Waals surface area (Å²) >= 11 is 0. The van der Waals surface area contributed by atoms with E-state index in [4.69, 9.17) is 9.47 Å². The molecule has 1 aromatic rings. The first-order chi connectivity index (χ1) is 16.1. The Balaban J connectivity index is 1.76. The number of fused-ring (bicyclic) bond motifs is 1. The van der Waals surface area contributed by atoms with Crippen molar-refractivity contribution in [3.05, 3.63) is 29.3 Å². The van der Waals surface area contributed by atoms with Gasteiger partial charge >= 0.3 is 5.97 Å². The first-order valence-corrected chi connectivity index (χ1v) is 12.3. The maximum Gasteiger partial charge on any atom is 0.312 e. The maximum absolute atomic E-state index is 13.9. The number of hydrogen-bond donors (Lipinski definition) is 2. The fourth-order valence-corrected chi connectivity index (χ4v) is 6.47. The van der Waals surface area contributed by atoms with Gasteiger partial charge in [0.1, 0.15) is 17.6 Å². The predicted octanol–water partition coefficient (Wildman–Crippen LogP) is 2.59. The predicted molar refractivity (Wildman–Crippen MR) is 126 cm³/mol. The van der Waals surface area contributed by atoms with E-state index in [-0.39, 0.29) is 30.9 Å². The molecule has 8 nitrogen and oxygen atoms in total. The summed E-state index contributed by atoms with van der Waals surface area (Å²) in [5, 5.41) is 12.3. The molecule has 1 spiro atoms.